The van der Waals surface area contributed by atoms with Gasteiger partial charge < -0.3 is 19.7 Å². The second-order valence-corrected chi connectivity index (χ2v) is 7.03. The first-order valence-electron chi connectivity index (χ1n) is 9.32. The van der Waals surface area contributed by atoms with Crippen LogP contribution in [0, 0.1) is 5.92 Å². The molecule has 1 aromatic heterocycles. The van der Waals surface area contributed by atoms with E-state index in [1.807, 2.05) is 18.2 Å². The average Bonchev–Trinajstić information content (AvgIpc) is 2.67. The normalized spacial score (nSPS) is 17.8. The van der Waals surface area contributed by atoms with Crippen LogP contribution in [-0.4, -0.2) is 43.7 Å². The lowest BCUT2D eigenvalue weighted by atomic mass is 9.98. The summed E-state index contributed by atoms with van der Waals surface area (Å²) in [5.74, 6) is 2.29. The Hall–Kier alpha value is -2.11. The number of aromatic nitrogens is 1. The van der Waals surface area contributed by atoms with Crippen LogP contribution in [-0.2, 0) is 13.2 Å². The smallest absolute Gasteiger partial charge is 0.161 e. The van der Waals surface area contributed by atoms with Crippen LogP contribution in [0.1, 0.15) is 24.0 Å². The molecule has 1 N–H and O–H groups in total. The predicted octanol–water partition coefficient (Wildman–Crippen LogP) is 3.10. The summed E-state index contributed by atoms with van der Waals surface area (Å²) < 4.78 is 11.4. The minimum atomic E-state index is 0.506. The fraction of sp³-hybridized carbons (Fsp3) is 0.476. The Morgan fingerprint density at radius 2 is 2.00 bits per heavy atom. The summed E-state index contributed by atoms with van der Waals surface area (Å²) in [6, 6.07) is 10.1. The van der Waals surface area contributed by atoms with Crippen LogP contribution in [0.15, 0.2) is 42.7 Å². The molecule has 0 aliphatic carbocycles. The van der Waals surface area contributed by atoms with Crippen molar-refractivity contribution in [2.75, 3.05) is 33.8 Å². The third-order valence-electron chi connectivity index (χ3n) is 4.86. The van der Waals surface area contributed by atoms with Gasteiger partial charge in [0.05, 0.1) is 7.11 Å². The molecule has 5 heteroatoms. The summed E-state index contributed by atoms with van der Waals surface area (Å²) >= 11 is 0. The standard InChI is InChI=1S/C21H29N3O2/c1-24-11-3-4-19(15-24)14-23-13-18-5-6-20(21(12-18)25-2)26-16-17-7-9-22-10-8-17/h5-10,12,19,23H,3-4,11,13-16H2,1-2H3/t19-/m0/s1. The highest BCUT2D eigenvalue weighted by molar-refractivity contribution is 5.43. The Kier molecular flexibility index (Phi) is 6.86. The van der Waals surface area contributed by atoms with Gasteiger partial charge in [0, 0.05) is 25.5 Å². The van der Waals surface area contributed by atoms with E-state index in [0.717, 1.165) is 36.1 Å². The van der Waals surface area contributed by atoms with E-state index in [4.69, 9.17) is 9.47 Å². The molecule has 1 aromatic carbocycles. The zero-order chi connectivity index (χ0) is 18.2. The van der Waals surface area contributed by atoms with Crippen molar-refractivity contribution in [2.24, 2.45) is 5.92 Å². The highest BCUT2D eigenvalue weighted by Crippen LogP contribution is 2.29. The highest BCUT2D eigenvalue weighted by Gasteiger charge is 2.16. The fourth-order valence-corrected chi connectivity index (χ4v) is 3.44. The summed E-state index contributed by atoms with van der Waals surface area (Å²) in [6.45, 7) is 4.84. The van der Waals surface area contributed by atoms with Gasteiger partial charge in [0.2, 0.25) is 0 Å². The van der Waals surface area contributed by atoms with Gasteiger partial charge in [-0.25, -0.2) is 0 Å². The van der Waals surface area contributed by atoms with Crippen molar-refractivity contribution < 1.29 is 9.47 Å². The second-order valence-electron chi connectivity index (χ2n) is 7.03. The first-order chi connectivity index (χ1) is 12.7. The van der Waals surface area contributed by atoms with Gasteiger partial charge in [-0.3, -0.25) is 4.98 Å². The van der Waals surface area contributed by atoms with Crippen molar-refractivity contribution >= 4 is 0 Å². The van der Waals surface area contributed by atoms with Crippen LogP contribution in [0.3, 0.4) is 0 Å². The van der Waals surface area contributed by atoms with E-state index in [0.29, 0.717) is 6.61 Å². The number of benzene rings is 1. The average molecular weight is 355 g/mol. The topological polar surface area (TPSA) is 46.6 Å². The molecule has 0 amide bonds. The van der Waals surface area contributed by atoms with Crippen molar-refractivity contribution in [3.8, 4) is 11.5 Å². The number of pyridine rings is 1. The van der Waals surface area contributed by atoms with Crippen molar-refractivity contribution in [3.05, 3.63) is 53.9 Å². The Labute approximate surface area is 156 Å². The molecule has 1 fully saturated rings. The van der Waals surface area contributed by atoms with E-state index in [9.17, 15) is 0 Å². The Balaban J connectivity index is 1.51. The fourth-order valence-electron chi connectivity index (χ4n) is 3.44. The molecule has 26 heavy (non-hydrogen) atoms. The summed E-state index contributed by atoms with van der Waals surface area (Å²) in [7, 11) is 3.89. The number of hydrogen-bond donors (Lipinski definition) is 1. The molecule has 2 aromatic rings. The van der Waals surface area contributed by atoms with Crippen LogP contribution in [0.25, 0.3) is 0 Å². The maximum Gasteiger partial charge on any atom is 0.161 e. The number of ether oxygens (including phenoxy) is 2. The molecule has 5 nitrogen and oxygen atoms in total. The quantitative estimate of drug-likeness (QED) is 0.788. The van der Waals surface area contributed by atoms with Crippen molar-refractivity contribution in [1.82, 2.24) is 15.2 Å². The molecule has 0 spiro atoms. The maximum atomic E-state index is 5.90. The molecule has 0 radical (unpaired) electrons. The van der Waals surface area contributed by atoms with E-state index in [2.05, 4.69) is 34.4 Å². The first kappa shape index (κ1) is 18.7. The van der Waals surface area contributed by atoms with Crippen LogP contribution >= 0.6 is 0 Å². The van der Waals surface area contributed by atoms with Crippen molar-refractivity contribution in [3.63, 3.8) is 0 Å². The van der Waals surface area contributed by atoms with E-state index in [1.54, 1.807) is 19.5 Å². The van der Waals surface area contributed by atoms with E-state index in [-0.39, 0.29) is 0 Å². The molecule has 140 valence electrons. The second kappa shape index (κ2) is 9.55. The number of rotatable bonds is 8. The number of nitrogens with zero attached hydrogens (tertiary/aromatic N) is 2. The molecule has 1 saturated heterocycles. The molecule has 3 rings (SSSR count). The lowest BCUT2D eigenvalue weighted by molar-refractivity contribution is 0.206. The van der Waals surface area contributed by atoms with Gasteiger partial charge >= 0.3 is 0 Å². The van der Waals surface area contributed by atoms with Crippen LogP contribution in [0.2, 0.25) is 0 Å². The molecule has 2 heterocycles. The summed E-state index contributed by atoms with van der Waals surface area (Å²) in [4.78, 5) is 6.45. The minimum Gasteiger partial charge on any atom is -0.493 e. The Morgan fingerprint density at radius 1 is 1.15 bits per heavy atom. The number of methoxy groups -OCH3 is 1. The molecule has 0 unspecified atom stereocenters. The maximum absolute atomic E-state index is 5.90. The van der Waals surface area contributed by atoms with Crippen LogP contribution < -0.4 is 14.8 Å². The molecule has 0 bridgehead atoms. The molecule has 1 aliphatic heterocycles. The van der Waals surface area contributed by atoms with Crippen molar-refractivity contribution in [1.29, 1.82) is 0 Å². The third-order valence-corrected chi connectivity index (χ3v) is 4.86. The molecular formula is C21H29N3O2. The highest BCUT2D eigenvalue weighted by atomic mass is 16.5. The molecular weight excluding hydrogens is 326 g/mol. The molecule has 0 saturated carbocycles. The monoisotopic (exact) mass is 355 g/mol. The van der Waals surface area contributed by atoms with Gasteiger partial charge in [0.25, 0.3) is 0 Å². The Bertz CT molecular complexity index is 678. The van der Waals surface area contributed by atoms with Gasteiger partial charge in [-0.15, -0.1) is 0 Å². The summed E-state index contributed by atoms with van der Waals surface area (Å²) in [5, 5.41) is 3.59. The lowest BCUT2D eigenvalue weighted by Crippen LogP contribution is -2.37. The Morgan fingerprint density at radius 3 is 2.77 bits per heavy atom. The summed E-state index contributed by atoms with van der Waals surface area (Å²) in [5.41, 5.74) is 2.30. The van der Waals surface area contributed by atoms with Gasteiger partial charge in [0.1, 0.15) is 6.61 Å². The third kappa shape index (κ3) is 5.44. The van der Waals surface area contributed by atoms with Gasteiger partial charge in [-0.05, 0) is 74.3 Å². The van der Waals surface area contributed by atoms with Crippen molar-refractivity contribution in [2.45, 2.75) is 26.0 Å². The van der Waals surface area contributed by atoms with Gasteiger partial charge in [0.15, 0.2) is 11.5 Å². The SMILES string of the molecule is COc1cc(CNC[C@@H]2CCCN(C)C2)ccc1OCc1ccncc1. The van der Waals surface area contributed by atoms with Gasteiger partial charge in [-0.2, -0.15) is 0 Å². The molecule has 1 aliphatic rings. The number of piperidine rings is 1. The van der Waals surface area contributed by atoms with Crippen LogP contribution in [0.4, 0.5) is 0 Å². The lowest BCUT2D eigenvalue weighted by Gasteiger charge is -2.29. The minimum absolute atomic E-state index is 0.506. The van der Waals surface area contributed by atoms with Crippen LogP contribution in [0.5, 0.6) is 11.5 Å². The number of likely N-dealkylation sites (tertiary alicyclic amines) is 1. The first-order valence-corrected chi connectivity index (χ1v) is 9.32. The zero-order valence-electron chi connectivity index (χ0n) is 15.8. The molecule has 1 atom stereocenters. The predicted molar refractivity (Wildman–Crippen MR) is 103 cm³/mol. The number of nitrogens with one attached hydrogen (secondary N) is 1. The zero-order valence-corrected chi connectivity index (χ0v) is 15.8. The largest absolute Gasteiger partial charge is 0.493 e. The summed E-state index contributed by atoms with van der Waals surface area (Å²) in [6.07, 6.45) is 6.17. The van der Waals surface area contributed by atoms with Gasteiger partial charge in [-0.1, -0.05) is 6.07 Å². The van der Waals surface area contributed by atoms with E-state index in [1.165, 1.54) is 31.5 Å². The van der Waals surface area contributed by atoms with E-state index < -0.39 is 0 Å². The van der Waals surface area contributed by atoms with E-state index >= 15 is 0 Å². The number of hydrogen-bond acceptors (Lipinski definition) is 5.